The molecule has 0 aliphatic rings. The number of nitrogens with zero attached hydrogens (tertiary/aromatic N) is 1. The van der Waals surface area contributed by atoms with Crippen LogP contribution in [0.3, 0.4) is 0 Å². The number of sulfone groups is 1. The van der Waals surface area contributed by atoms with E-state index in [1.54, 1.807) is 16.8 Å². The maximum atomic E-state index is 11.4. The molecule has 0 amide bonds. The molecule has 0 aliphatic heterocycles. The average molecular weight is 323 g/mol. The number of pyridine rings is 1. The molecular weight excluding hydrogens is 308 g/mol. The molecule has 0 fully saturated rings. The van der Waals surface area contributed by atoms with Crippen LogP contribution < -0.4 is 10.9 Å². The summed E-state index contributed by atoms with van der Waals surface area (Å²) in [4.78, 5) is 11.4. The minimum absolute atomic E-state index is 0.0712. The molecule has 17 heavy (non-hydrogen) atoms. The molecular formula is C10H15BrN2O3S. The fraction of sp³-hybridized carbons (Fsp3) is 0.500. The number of aromatic nitrogens is 1. The lowest BCUT2D eigenvalue weighted by atomic mass is 10.4. The maximum absolute atomic E-state index is 11.4. The highest BCUT2D eigenvalue weighted by molar-refractivity contribution is 9.10. The van der Waals surface area contributed by atoms with E-state index in [1.165, 1.54) is 12.3 Å². The highest BCUT2D eigenvalue weighted by atomic mass is 79.9. The summed E-state index contributed by atoms with van der Waals surface area (Å²) >= 11 is 3.29. The van der Waals surface area contributed by atoms with Gasteiger partial charge in [0.15, 0.2) is 0 Å². The number of hydrogen-bond donors (Lipinski definition) is 1. The largest absolute Gasteiger partial charge is 0.314 e. The van der Waals surface area contributed by atoms with E-state index in [-0.39, 0.29) is 11.3 Å². The standard InChI is InChI=1S/C10H15BrN2O3S/c1-17(15,16)7-5-12-4-6-13-8-9(11)2-3-10(13)14/h2-3,8,12H,4-7H2,1H3. The first kappa shape index (κ1) is 14.4. The van der Waals surface area contributed by atoms with Crippen LogP contribution in [0.1, 0.15) is 0 Å². The van der Waals surface area contributed by atoms with Crippen LogP contribution in [0, 0.1) is 0 Å². The third-order valence-corrected chi connectivity index (χ3v) is 3.54. The summed E-state index contributed by atoms with van der Waals surface area (Å²) in [7, 11) is -2.92. The van der Waals surface area contributed by atoms with Crippen molar-refractivity contribution in [2.45, 2.75) is 6.54 Å². The molecule has 1 N–H and O–H groups in total. The van der Waals surface area contributed by atoms with Crippen LogP contribution >= 0.6 is 15.9 Å². The van der Waals surface area contributed by atoms with E-state index < -0.39 is 9.84 Å². The molecule has 1 aromatic rings. The zero-order chi connectivity index (χ0) is 12.9. The number of rotatable bonds is 6. The van der Waals surface area contributed by atoms with Gasteiger partial charge in [0.05, 0.1) is 5.75 Å². The quantitative estimate of drug-likeness (QED) is 0.762. The first-order valence-electron chi connectivity index (χ1n) is 5.13. The van der Waals surface area contributed by atoms with Gasteiger partial charge in [0.2, 0.25) is 0 Å². The molecule has 0 unspecified atom stereocenters. The van der Waals surface area contributed by atoms with Gasteiger partial charge >= 0.3 is 0 Å². The average Bonchev–Trinajstić information content (AvgIpc) is 2.21. The Morgan fingerprint density at radius 1 is 1.35 bits per heavy atom. The van der Waals surface area contributed by atoms with Crippen LogP contribution in [0.4, 0.5) is 0 Å². The van der Waals surface area contributed by atoms with Crippen LogP contribution in [-0.2, 0) is 16.4 Å². The Kier molecular flexibility index (Phi) is 5.35. The van der Waals surface area contributed by atoms with Crippen molar-refractivity contribution in [1.29, 1.82) is 0 Å². The molecule has 0 atom stereocenters. The SMILES string of the molecule is CS(=O)(=O)CCNCCn1cc(Br)ccc1=O. The predicted molar refractivity (Wildman–Crippen MR) is 71.0 cm³/mol. The molecule has 0 spiro atoms. The molecule has 0 radical (unpaired) electrons. The van der Waals surface area contributed by atoms with Crippen LogP contribution in [0.25, 0.3) is 0 Å². The molecule has 0 saturated carbocycles. The Morgan fingerprint density at radius 2 is 2.06 bits per heavy atom. The van der Waals surface area contributed by atoms with Crippen LogP contribution in [-0.4, -0.2) is 38.1 Å². The van der Waals surface area contributed by atoms with Crippen LogP contribution in [0.5, 0.6) is 0 Å². The normalized spacial score (nSPS) is 11.6. The van der Waals surface area contributed by atoms with E-state index >= 15 is 0 Å². The lowest BCUT2D eigenvalue weighted by Crippen LogP contribution is -2.29. The first-order valence-corrected chi connectivity index (χ1v) is 7.98. The lowest BCUT2D eigenvalue weighted by molar-refractivity contribution is 0.581. The first-order chi connectivity index (χ1) is 7.88. The molecule has 5 nitrogen and oxygen atoms in total. The third-order valence-electron chi connectivity index (χ3n) is 2.13. The van der Waals surface area contributed by atoms with Gasteiger partial charge in [0.25, 0.3) is 5.56 Å². The van der Waals surface area contributed by atoms with Gasteiger partial charge in [-0.2, -0.15) is 0 Å². The Morgan fingerprint density at radius 3 is 2.71 bits per heavy atom. The highest BCUT2D eigenvalue weighted by Gasteiger charge is 2.01. The predicted octanol–water partition coefficient (Wildman–Crippen LogP) is 0.245. The zero-order valence-corrected chi connectivity index (χ0v) is 11.9. The maximum Gasteiger partial charge on any atom is 0.250 e. The second kappa shape index (κ2) is 6.32. The number of hydrogen-bond acceptors (Lipinski definition) is 4. The summed E-state index contributed by atoms with van der Waals surface area (Å²) in [5.74, 6) is 0.111. The van der Waals surface area contributed by atoms with Gasteiger partial charge in [0.1, 0.15) is 9.84 Å². The van der Waals surface area contributed by atoms with E-state index in [4.69, 9.17) is 0 Å². The summed E-state index contributed by atoms with van der Waals surface area (Å²) in [6, 6.07) is 3.18. The highest BCUT2D eigenvalue weighted by Crippen LogP contribution is 2.04. The minimum atomic E-state index is -2.92. The van der Waals surface area contributed by atoms with Crippen molar-refractivity contribution in [3.8, 4) is 0 Å². The number of halogens is 1. The van der Waals surface area contributed by atoms with E-state index in [0.717, 1.165) is 4.47 Å². The van der Waals surface area contributed by atoms with Gasteiger partial charge in [-0.1, -0.05) is 0 Å². The van der Waals surface area contributed by atoms with Gasteiger partial charge in [-0.15, -0.1) is 0 Å². The summed E-state index contributed by atoms with van der Waals surface area (Å²) < 4.78 is 24.1. The fourth-order valence-electron chi connectivity index (χ4n) is 1.26. The smallest absolute Gasteiger partial charge is 0.250 e. The van der Waals surface area contributed by atoms with Gasteiger partial charge in [0, 0.05) is 42.6 Å². The zero-order valence-electron chi connectivity index (χ0n) is 9.52. The number of nitrogens with one attached hydrogen (secondary N) is 1. The van der Waals surface area contributed by atoms with E-state index in [9.17, 15) is 13.2 Å². The van der Waals surface area contributed by atoms with Crippen molar-refractivity contribution < 1.29 is 8.42 Å². The molecule has 0 aromatic carbocycles. The molecule has 0 aliphatic carbocycles. The van der Waals surface area contributed by atoms with E-state index in [0.29, 0.717) is 19.6 Å². The van der Waals surface area contributed by atoms with Crippen molar-refractivity contribution in [3.05, 3.63) is 33.2 Å². The van der Waals surface area contributed by atoms with Crippen molar-refractivity contribution in [2.24, 2.45) is 0 Å². The third kappa shape index (κ3) is 5.99. The van der Waals surface area contributed by atoms with E-state index in [2.05, 4.69) is 21.2 Å². The Balaban J connectivity index is 2.36. The Hall–Kier alpha value is -0.660. The van der Waals surface area contributed by atoms with Crippen molar-refractivity contribution in [1.82, 2.24) is 9.88 Å². The lowest BCUT2D eigenvalue weighted by Gasteiger charge is -2.07. The molecule has 1 rings (SSSR count). The van der Waals surface area contributed by atoms with Gasteiger partial charge in [-0.25, -0.2) is 8.42 Å². The second-order valence-electron chi connectivity index (χ2n) is 3.76. The Labute approximate surface area is 109 Å². The van der Waals surface area contributed by atoms with Gasteiger partial charge in [-0.05, 0) is 22.0 Å². The minimum Gasteiger partial charge on any atom is -0.314 e. The fourth-order valence-corrected chi connectivity index (χ4v) is 2.15. The summed E-state index contributed by atoms with van der Waals surface area (Å²) in [6.07, 6.45) is 2.91. The van der Waals surface area contributed by atoms with Crippen molar-refractivity contribution in [3.63, 3.8) is 0 Å². The van der Waals surface area contributed by atoms with Crippen molar-refractivity contribution in [2.75, 3.05) is 25.1 Å². The molecule has 7 heteroatoms. The summed E-state index contributed by atoms with van der Waals surface area (Å²) in [6.45, 7) is 1.48. The Bertz CT molecular complexity index is 525. The monoisotopic (exact) mass is 322 g/mol. The van der Waals surface area contributed by atoms with Crippen molar-refractivity contribution >= 4 is 25.8 Å². The van der Waals surface area contributed by atoms with Crippen LogP contribution in [0.2, 0.25) is 0 Å². The summed E-state index contributed by atoms with van der Waals surface area (Å²) in [5.41, 5.74) is -0.0712. The molecule has 96 valence electrons. The summed E-state index contributed by atoms with van der Waals surface area (Å²) in [5, 5.41) is 2.98. The second-order valence-corrected chi connectivity index (χ2v) is 6.93. The molecule has 1 aromatic heterocycles. The molecule has 0 bridgehead atoms. The van der Waals surface area contributed by atoms with Crippen LogP contribution in [0.15, 0.2) is 27.6 Å². The molecule has 1 heterocycles. The molecule has 0 saturated heterocycles. The topological polar surface area (TPSA) is 68.2 Å². The van der Waals surface area contributed by atoms with E-state index in [1.807, 2.05) is 0 Å². The van der Waals surface area contributed by atoms with Gasteiger partial charge in [-0.3, -0.25) is 4.79 Å². The van der Waals surface area contributed by atoms with Gasteiger partial charge < -0.3 is 9.88 Å².